The van der Waals surface area contributed by atoms with Crippen LogP contribution in [0.5, 0.6) is 0 Å². The molecule has 0 amide bonds. The Morgan fingerprint density at radius 1 is 1.55 bits per heavy atom. The molecule has 2 N–H and O–H groups in total. The molecule has 0 unspecified atom stereocenters. The Morgan fingerprint density at radius 2 is 2.00 bits per heavy atom. The zero-order chi connectivity index (χ0) is 9.07. The molecule has 0 rings (SSSR count). The van der Waals surface area contributed by atoms with Crippen LogP contribution in [0.4, 0.5) is 0 Å². The van der Waals surface area contributed by atoms with Gasteiger partial charge in [0, 0.05) is 18.7 Å². The van der Waals surface area contributed by atoms with Crippen LogP contribution in [0.1, 0.15) is 27.7 Å². The molecular weight excluding hydrogens is 158 g/mol. The van der Waals surface area contributed by atoms with Gasteiger partial charge in [0.15, 0.2) is 5.12 Å². The quantitative estimate of drug-likeness (QED) is 0.694. The molecule has 0 fully saturated rings. The van der Waals surface area contributed by atoms with Gasteiger partial charge >= 0.3 is 0 Å². The van der Waals surface area contributed by atoms with Crippen LogP contribution in [0.15, 0.2) is 0 Å². The Morgan fingerprint density at radius 3 is 2.27 bits per heavy atom. The first kappa shape index (κ1) is 11.0. The SMILES string of the molecule is CC(=O)SC[C@@H](N)C(C)(C)C. The van der Waals surface area contributed by atoms with E-state index < -0.39 is 0 Å². The van der Waals surface area contributed by atoms with Crippen LogP contribution in [-0.2, 0) is 4.79 Å². The Bertz CT molecular complexity index is 140. The summed E-state index contributed by atoms with van der Waals surface area (Å²) in [6.45, 7) is 7.81. The van der Waals surface area contributed by atoms with E-state index in [1.165, 1.54) is 11.8 Å². The highest BCUT2D eigenvalue weighted by Crippen LogP contribution is 2.20. The van der Waals surface area contributed by atoms with Gasteiger partial charge in [-0.2, -0.15) is 0 Å². The van der Waals surface area contributed by atoms with Crippen LogP contribution in [0.2, 0.25) is 0 Å². The molecule has 0 saturated heterocycles. The summed E-state index contributed by atoms with van der Waals surface area (Å²) in [4.78, 5) is 10.6. The number of rotatable bonds is 2. The molecule has 0 aromatic rings. The predicted molar refractivity (Wildman–Crippen MR) is 50.6 cm³/mol. The summed E-state index contributed by atoms with van der Waals surface area (Å²) in [6, 6.07) is 0.0939. The maximum atomic E-state index is 10.6. The number of thioether (sulfide) groups is 1. The van der Waals surface area contributed by atoms with Gasteiger partial charge in [-0.25, -0.2) is 0 Å². The van der Waals surface area contributed by atoms with E-state index in [2.05, 4.69) is 20.8 Å². The van der Waals surface area contributed by atoms with E-state index in [4.69, 9.17) is 5.73 Å². The van der Waals surface area contributed by atoms with Gasteiger partial charge < -0.3 is 5.73 Å². The highest BCUT2D eigenvalue weighted by molar-refractivity contribution is 8.13. The fraction of sp³-hybridized carbons (Fsp3) is 0.875. The third kappa shape index (κ3) is 5.27. The normalized spacial score (nSPS) is 14.6. The third-order valence-electron chi connectivity index (χ3n) is 1.58. The Kier molecular flexibility index (Phi) is 4.11. The predicted octanol–water partition coefficient (Wildman–Crippen LogP) is 1.64. The molecule has 1 atom stereocenters. The van der Waals surface area contributed by atoms with Crippen molar-refractivity contribution in [1.82, 2.24) is 0 Å². The van der Waals surface area contributed by atoms with Gasteiger partial charge in [-0.3, -0.25) is 4.79 Å². The van der Waals surface area contributed by atoms with Crippen molar-refractivity contribution >= 4 is 16.9 Å². The fourth-order valence-electron chi connectivity index (χ4n) is 0.457. The van der Waals surface area contributed by atoms with Gasteiger partial charge in [-0.1, -0.05) is 32.5 Å². The maximum absolute atomic E-state index is 10.6. The summed E-state index contributed by atoms with van der Waals surface area (Å²) in [7, 11) is 0. The number of carbonyl (C=O) groups is 1. The van der Waals surface area contributed by atoms with E-state index in [9.17, 15) is 4.79 Å². The van der Waals surface area contributed by atoms with Gasteiger partial charge in [-0.15, -0.1) is 0 Å². The molecule has 0 radical (unpaired) electrons. The van der Waals surface area contributed by atoms with E-state index in [0.29, 0.717) is 0 Å². The van der Waals surface area contributed by atoms with Crippen molar-refractivity contribution in [3.63, 3.8) is 0 Å². The van der Waals surface area contributed by atoms with Gasteiger partial charge in [0.05, 0.1) is 0 Å². The molecule has 0 aromatic heterocycles. The van der Waals surface area contributed by atoms with Crippen LogP contribution in [0, 0.1) is 5.41 Å². The van der Waals surface area contributed by atoms with E-state index in [-0.39, 0.29) is 16.6 Å². The van der Waals surface area contributed by atoms with Crippen molar-refractivity contribution in [2.24, 2.45) is 11.1 Å². The van der Waals surface area contributed by atoms with Gasteiger partial charge in [-0.05, 0) is 5.41 Å². The zero-order valence-corrected chi connectivity index (χ0v) is 8.49. The first-order valence-electron chi connectivity index (χ1n) is 3.73. The highest BCUT2D eigenvalue weighted by Gasteiger charge is 2.20. The highest BCUT2D eigenvalue weighted by atomic mass is 32.2. The lowest BCUT2D eigenvalue weighted by atomic mass is 9.89. The molecular formula is C8H17NOS. The number of hydrogen-bond donors (Lipinski definition) is 1. The second-order valence-electron chi connectivity index (χ2n) is 3.78. The van der Waals surface area contributed by atoms with Crippen molar-refractivity contribution < 1.29 is 4.79 Å². The second kappa shape index (κ2) is 4.12. The standard InChI is InChI=1S/C8H17NOS/c1-6(10)11-5-7(9)8(2,3)4/h7H,5,9H2,1-4H3/t7-/m1/s1. The summed E-state index contributed by atoms with van der Waals surface area (Å²) in [5, 5.41) is 0.143. The lowest BCUT2D eigenvalue weighted by Crippen LogP contribution is -2.37. The summed E-state index contributed by atoms with van der Waals surface area (Å²) in [5.41, 5.74) is 5.93. The minimum Gasteiger partial charge on any atom is -0.326 e. The minimum atomic E-state index is 0.0939. The van der Waals surface area contributed by atoms with Crippen molar-refractivity contribution in [3.8, 4) is 0 Å². The summed E-state index contributed by atoms with van der Waals surface area (Å²) in [5.74, 6) is 0.721. The molecule has 3 heteroatoms. The van der Waals surface area contributed by atoms with Crippen molar-refractivity contribution in [2.75, 3.05) is 5.75 Å². The van der Waals surface area contributed by atoms with Gasteiger partial charge in [0.2, 0.25) is 0 Å². The molecule has 0 aliphatic heterocycles. The maximum Gasteiger partial charge on any atom is 0.185 e. The van der Waals surface area contributed by atoms with Gasteiger partial charge in [0.25, 0.3) is 0 Å². The molecule has 0 heterocycles. The Labute approximate surface area is 72.9 Å². The lowest BCUT2D eigenvalue weighted by molar-refractivity contribution is -0.109. The summed E-state index contributed by atoms with van der Waals surface area (Å²) in [6.07, 6.45) is 0. The number of hydrogen-bond acceptors (Lipinski definition) is 3. The van der Waals surface area contributed by atoms with E-state index in [1.807, 2.05) is 0 Å². The topological polar surface area (TPSA) is 43.1 Å². The fourth-order valence-corrected chi connectivity index (χ4v) is 1.37. The van der Waals surface area contributed by atoms with Crippen LogP contribution in [0.3, 0.4) is 0 Å². The molecule has 0 spiro atoms. The smallest absolute Gasteiger partial charge is 0.185 e. The van der Waals surface area contributed by atoms with Crippen LogP contribution >= 0.6 is 11.8 Å². The average molecular weight is 175 g/mol. The number of carbonyl (C=O) groups excluding carboxylic acids is 1. The van der Waals surface area contributed by atoms with E-state index in [0.717, 1.165) is 5.75 Å². The molecule has 0 aliphatic carbocycles. The monoisotopic (exact) mass is 175 g/mol. The van der Waals surface area contributed by atoms with E-state index >= 15 is 0 Å². The molecule has 0 bridgehead atoms. The molecule has 0 aliphatic rings. The molecule has 11 heavy (non-hydrogen) atoms. The number of nitrogens with two attached hydrogens (primary N) is 1. The van der Waals surface area contributed by atoms with Crippen molar-refractivity contribution in [1.29, 1.82) is 0 Å². The lowest BCUT2D eigenvalue weighted by Gasteiger charge is -2.26. The average Bonchev–Trinajstić information content (AvgIpc) is 1.80. The molecule has 0 aromatic carbocycles. The Hall–Kier alpha value is -0.0200. The van der Waals surface area contributed by atoms with Crippen LogP contribution in [-0.4, -0.2) is 16.9 Å². The first-order chi connectivity index (χ1) is 4.84. The molecule has 2 nitrogen and oxygen atoms in total. The summed E-state index contributed by atoms with van der Waals surface area (Å²) < 4.78 is 0. The van der Waals surface area contributed by atoms with Crippen molar-refractivity contribution in [2.45, 2.75) is 33.7 Å². The van der Waals surface area contributed by atoms with Crippen LogP contribution < -0.4 is 5.73 Å². The first-order valence-corrected chi connectivity index (χ1v) is 4.71. The minimum absolute atomic E-state index is 0.0939. The van der Waals surface area contributed by atoms with Crippen molar-refractivity contribution in [3.05, 3.63) is 0 Å². The van der Waals surface area contributed by atoms with E-state index in [1.54, 1.807) is 6.92 Å². The summed E-state index contributed by atoms with van der Waals surface area (Å²) >= 11 is 1.30. The second-order valence-corrected chi connectivity index (χ2v) is 4.97. The molecule has 66 valence electrons. The molecule has 0 saturated carbocycles. The largest absolute Gasteiger partial charge is 0.326 e. The zero-order valence-electron chi connectivity index (χ0n) is 7.68. The Balaban J connectivity index is 3.70. The third-order valence-corrected chi connectivity index (χ3v) is 2.51. The van der Waals surface area contributed by atoms with Gasteiger partial charge in [0.1, 0.15) is 0 Å². The van der Waals surface area contributed by atoms with Crippen LogP contribution in [0.25, 0.3) is 0 Å².